The summed E-state index contributed by atoms with van der Waals surface area (Å²) in [4.78, 5) is 25.8. The average molecular weight is 247 g/mol. The van der Waals surface area contributed by atoms with Gasteiger partial charge in [0.1, 0.15) is 12.6 Å². The second-order valence-electron chi connectivity index (χ2n) is 4.18. The highest BCUT2D eigenvalue weighted by atomic mass is 16.3. The molecule has 7 heteroatoms. The molecule has 0 aromatic carbocycles. The number of anilines is 1. The summed E-state index contributed by atoms with van der Waals surface area (Å²) >= 11 is 0. The predicted molar refractivity (Wildman–Crippen MR) is 66.3 cm³/mol. The molecule has 94 valence electrons. The number of aliphatic hydroxyl groups is 1. The zero-order valence-electron chi connectivity index (χ0n) is 9.60. The third-order valence-corrected chi connectivity index (χ3v) is 2.99. The van der Waals surface area contributed by atoms with Crippen molar-refractivity contribution in [1.82, 2.24) is 19.9 Å². The van der Waals surface area contributed by atoms with Gasteiger partial charge in [-0.1, -0.05) is 12.2 Å². The number of aromatic amines is 2. The molecule has 3 rings (SSSR count). The first-order valence-electron chi connectivity index (χ1n) is 5.79. The van der Waals surface area contributed by atoms with Crippen LogP contribution in [0.5, 0.6) is 0 Å². The van der Waals surface area contributed by atoms with Crippen LogP contribution in [0.1, 0.15) is 24.6 Å². The normalized spacial score (nSPS) is 18.6. The molecule has 7 nitrogen and oxygen atoms in total. The Morgan fingerprint density at radius 2 is 2.33 bits per heavy atom. The zero-order valence-corrected chi connectivity index (χ0v) is 9.60. The van der Waals surface area contributed by atoms with E-state index < -0.39 is 0 Å². The molecule has 0 bridgehead atoms. The summed E-state index contributed by atoms with van der Waals surface area (Å²) in [6.45, 7) is -0.295. The van der Waals surface area contributed by atoms with Gasteiger partial charge in [-0.3, -0.25) is 9.78 Å². The first-order chi connectivity index (χ1) is 8.78. The third-order valence-electron chi connectivity index (χ3n) is 2.99. The van der Waals surface area contributed by atoms with E-state index in [9.17, 15) is 4.79 Å². The largest absolute Gasteiger partial charge is 0.376 e. The molecule has 2 heterocycles. The van der Waals surface area contributed by atoms with Crippen LogP contribution in [-0.4, -0.2) is 31.8 Å². The molecule has 1 unspecified atom stereocenters. The molecule has 2 aromatic rings. The number of hydrogen-bond acceptors (Lipinski definition) is 5. The van der Waals surface area contributed by atoms with Crippen LogP contribution in [0.4, 0.5) is 5.95 Å². The number of aromatic nitrogens is 4. The number of nitrogens with one attached hydrogen (secondary N) is 3. The second kappa shape index (κ2) is 4.26. The maximum absolute atomic E-state index is 11.8. The summed E-state index contributed by atoms with van der Waals surface area (Å²) in [7, 11) is 0. The Kier molecular flexibility index (Phi) is 2.60. The summed E-state index contributed by atoms with van der Waals surface area (Å²) < 4.78 is 0. The lowest BCUT2D eigenvalue weighted by Crippen LogP contribution is -2.13. The average Bonchev–Trinajstić information content (AvgIpc) is 2.97. The molecule has 0 aliphatic heterocycles. The van der Waals surface area contributed by atoms with Gasteiger partial charge < -0.3 is 15.4 Å². The first-order valence-corrected chi connectivity index (χ1v) is 5.79. The van der Waals surface area contributed by atoms with Crippen LogP contribution in [-0.2, 0) is 0 Å². The molecule has 0 radical (unpaired) electrons. The molecule has 1 aliphatic rings. The molecule has 1 aliphatic carbocycles. The summed E-state index contributed by atoms with van der Waals surface area (Å²) in [5, 5.41) is 11.3. The number of H-pyrrole nitrogens is 2. The number of hydrogen-bond donors (Lipinski definition) is 4. The minimum Gasteiger partial charge on any atom is -0.376 e. The van der Waals surface area contributed by atoms with Crippen molar-refractivity contribution in [3.63, 3.8) is 0 Å². The van der Waals surface area contributed by atoms with Crippen molar-refractivity contribution >= 4 is 17.1 Å². The molecule has 2 aromatic heterocycles. The van der Waals surface area contributed by atoms with Gasteiger partial charge in [0.05, 0.1) is 0 Å². The van der Waals surface area contributed by atoms with Crippen molar-refractivity contribution in [2.24, 2.45) is 0 Å². The van der Waals surface area contributed by atoms with E-state index in [2.05, 4.69) is 37.4 Å². The van der Waals surface area contributed by atoms with Crippen molar-refractivity contribution in [2.45, 2.75) is 18.8 Å². The highest BCUT2D eigenvalue weighted by Crippen LogP contribution is 2.26. The molecular formula is C11H13N5O2. The van der Waals surface area contributed by atoms with Crippen LogP contribution in [0.3, 0.4) is 0 Å². The smallest absolute Gasteiger partial charge is 0.278 e. The van der Waals surface area contributed by atoms with Gasteiger partial charge in [0.15, 0.2) is 11.2 Å². The van der Waals surface area contributed by atoms with Crippen molar-refractivity contribution < 1.29 is 5.11 Å². The first kappa shape index (κ1) is 11.0. The summed E-state index contributed by atoms with van der Waals surface area (Å²) in [6.07, 6.45) is 6.22. The van der Waals surface area contributed by atoms with Crippen LogP contribution in [0, 0.1) is 0 Å². The Hall–Kier alpha value is -2.15. The topological polar surface area (TPSA) is 107 Å². The Morgan fingerprint density at radius 1 is 1.44 bits per heavy atom. The fourth-order valence-electron chi connectivity index (χ4n) is 2.12. The van der Waals surface area contributed by atoms with Gasteiger partial charge in [0.2, 0.25) is 5.95 Å². The van der Waals surface area contributed by atoms with Crippen molar-refractivity contribution in [2.75, 3.05) is 12.0 Å². The van der Waals surface area contributed by atoms with Crippen molar-refractivity contribution in [3.05, 3.63) is 28.3 Å². The lowest BCUT2D eigenvalue weighted by Gasteiger charge is -2.00. The lowest BCUT2D eigenvalue weighted by atomic mass is 10.1. The van der Waals surface area contributed by atoms with Crippen LogP contribution in [0.25, 0.3) is 11.2 Å². The highest BCUT2D eigenvalue weighted by Gasteiger charge is 2.17. The minimum atomic E-state index is -0.295. The van der Waals surface area contributed by atoms with Gasteiger partial charge in [-0.15, -0.1) is 0 Å². The number of imidazole rings is 1. The molecule has 0 amide bonds. The molecule has 18 heavy (non-hydrogen) atoms. The Morgan fingerprint density at radius 3 is 3.06 bits per heavy atom. The quantitative estimate of drug-likeness (QED) is 0.465. The van der Waals surface area contributed by atoms with Gasteiger partial charge >= 0.3 is 0 Å². The lowest BCUT2D eigenvalue weighted by molar-refractivity contribution is 0.324. The van der Waals surface area contributed by atoms with E-state index >= 15 is 0 Å². The molecule has 0 saturated carbocycles. The molecule has 4 N–H and O–H groups in total. The van der Waals surface area contributed by atoms with E-state index in [-0.39, 0.29) is 24.2 Å². The summed E-state index contributed by atoms with van der Waals surface area (Å²) in [5.74, 6) is 1.21. The fourth-order valence-corrected chi connectivity index (χ4v) is 2.12. The third kappa shape index (κ3) is 1.78. The number of rotatable bonds is 3. The molecule has 0 fully saturated rings. The van der Waals surface area contributed by atoms with Gasteiger partial charge in [-0.25, -0.2) is 4.98 Å². The minimum absolute atomic E-state index is 0.218. The highest BCUT2D eigenvalue weighted by molar-refractivity contribution is 5.70. The van der Waals surface area contributed by atoms with Gasteiger partial charge in [-0.2, -0.15) is 4.98 Å². The Balaban J connectivity index is 2.08. The van der Waals surface area contributed by atoms with Crippen LogP contribution in [0.15, 0.2) is 16.9 Å². The Bertz CT molecular complexity index is 657. The van der Waals surface area contributed by atoms with Gasteiger partial charge in [-0.05, 0) is 12.8 Å². The summed E-state index contributed by atoms with van der Waals surface area (Å²) in [6, 6.07) is 0. The van der Waals surface area contributed by atoms with E-state index in [4.69, 9.17) is 5.11 Å². The van der Waals surface area contributed by atoms with Gasteiger partial charge in [0, 0.05) is 5.92 Å². The predicted octanol–water partition coefficient (Wildman–Crippen LogP) is 0.441. The monoisotopic (exact) mass is 247 g/mol. The van der Waals surface area contributed by atoms with Crippen molar-refractivity contribution in [1.29, 1.82) is 0 Å². The maximum atomic E-state index is 11.8. The van der Waals surface area contributed by atoms with Crippen LogP contribution in [0.2, 0.25) is 0 Å². The summed E-state index contributed by atoms with van der Waals surface area (Å²) in [5.41, 5.74) is 0.440. The zero-order chi connectivity index (χ0) is 12.5. The fraction of sp³-hybridized carbons (Fsp3) is 0.364. The van der Waals surface area contributed by atoms with Crippen LogP contribution >= 0.6 is 0 Å². The molecule has 0 spiro atoms. The number of fused-ring (bicyclic) bond motifs is 1. The number of nitrogens with zero attached hydrogens (tertiary/aromatic N) is 2. The Labute approximate surface area is 102 Å². The number of allylic oxidation sites excluding steroid dienone is 2. The standard InChI is InChI=1S/C11H13N5O2/c17-5-12-11-15-9-7(10(18)16-11)13-8(14-9)6-3-1-2-4-6/h1,3,6,17H,2,4-5H2,(H3,12,13,14,15,16,18). The molecule has 1 atom stereocenters. The molecular weight excluding hydrogens is 234 g/mol. The van der Waals surface area contributed by atoms with Crippen LogP contribution < -0.4 is 10.9 Å². The van der Waals surface area contributed by atoms with E-state index in [1.165, 1.54) is 0 Å². The maximum Gasteiger partial charge on any atom is 0.278 e. The van der Waals surface area contributed by atoms with E-state index in [0.29, 0.717) is 11.2 Å². The number of aliphatic hydroxyl groups excluding tert-OH is 1. The molecule has 0 saturated heterocycles. The SMILES string of the molecule is O=c1[nH]c(NCO)nc2nc(C3C=CCC3)[nH]c12. The van der Waals surface area contributed by atoms with E-state index in [0.717, 1.165) is 18.7 Å². The van der Waals surface area contributed by atoms with Crippen molar-refractivity contribution in [3.8, 4) is 0 Å². The second-order valence-corrected chi connectivity index (χ2v) is 4.18. The van der Waals surface area contributed by atoms with E-state index in [1.807, 2.05) is 0 Å². The van der Waals surface area contributed by atoms with Gasteiger partial charge in [0.25, 0.3) is 5.56 Å². The van der Waals surface area contributed by atoms with E-state index in [1.54, 1.807) is 0 Å².